The molecule has 2 fully saturated rings. The lowest BCUT2D eigenvalue weighted by Crippen LogP contribution is -2.71. The molecule has 6 amide bonds. The predicted molar refractivity (Wildman–Crippen MR) is 113 cm³/mol. The Morgan fingerprint density at radius 2 is 1.94 bits per heavy atom. The van der Waals surface area contributed by atoms with Crippen LogP contribution in [0.1, 0.15) is 18.5 Å². The molecule has 4 rings (SSSR count). The third-order valence-electron chi connectivity index (χ3n) is 5.42. The Kier molecular flexibility index (Phi) is 5.78. The van der Waals surface area contributed by atoms with Crippen molar-refractivity contribution in [3.8, 4) is 0 Å². The zero-order valence-corrected chi connectivity index (χ0v) is 17.8. The fourth-order valence-electron chi connectivity index (χ4n) is 3.82. The van der Waals surface area contributed by atoms with Gasteiger partial charge in [0.15, 0.2) is 0 Å². The third kappa shape index (κ3) is 3.77. The molecule has 32 heavy (non-hydrogen) atoms. The zero-order chi connectivity index (χ0) is 23.0. The van der Waals surface area contributed by atoms with Crippen LogP contribution >= 0.6 is 11.8 Å². The Morgan fingerprint density at radius 3 is 2.56 bits per heavy atom. The lowest BCUT2D eigenvalue weighted by atomic mass is 10.0. The first-order valence-corrected chi connectivity index (χ1v) is 10.9. The molecule has 3 atom stereocenters. The highest BCUT2D eigenvalue weighted by molar-refractivity contribution is 8.00. The summed E-state index contributed by atoms with van der Waals surface area (Å²) in [6.45, 7) is 2.15. The van der Waals surface area contributed by atoms with E-state index in [0.717, 1.165) is 4.90 Å². The third-order valence-corrected chi connectivity index (χ3v) is 6.85. The summed E-state index contributed by atoms with van der Waals surface area (Å²) in [4.78, 5) is 63.9. The van der Waals surface area contributed by atoms with E-state index >= 15 is 0 Å². The fraction of sp³-hybridized carbons (Fsp3) is 0.350. The van der Waals surface area contributed by atoms with Crippen molar-refractivity contribution in [1.29, 1.82) is 0 Å². The number of rotatable bonds is 5. The van der Waals surface area contributed by atoms with Gasteiger partial charge in [0, 0.05) is 18.8 Å². The van der Waals surface area contributed by atoms with E-state index in [1.54, 1.807) is 37.3 Å². The molecule has 0 radical (unpaired) electrons. The molecule has 0 aromatic heterocycles. The minimum absolute atomic E-state index is 0.0581. The van der Waals surface area contributed by atoms with Crippen LogP contribution in [-0.4, -0.2) is 75.0 Å². The highest BCUT2D eigenvalue weighted by Crippen LogP contribution is 2.40. The van der Waals surface area contributed by atoms with Gasteiger partial charge in [0.25, 0.3) is 5.91 Å². The number of urea groups is 2. The molecule has 0 aliphatic carbocycles. The van der Waals surface area contributed by atoms with E-state index in [9.17, 15) is 29.1 Å². The minimum Gasteiger partial charge on any atom is -0.477 e. The summed E-state index contributed by atoms with van der Waals surface area (Å²) in [5.74, 6) is -1.93. The van der Waals surface area contributed by atoms with Crippen molar-refractivity contribution < 1.29 is 29.1 Å². The summed E-state index contributed by atoms with van der Waals surface area (Å²) >= 11 is 1.36. The van der Waals surface area contributed by atoms with E-state index in [1.807, 2.05) is 0 Å². The number of nitrogens with zero attached hydrogens (tertiary/aromatic N) is 2. The maximum atomic E-state index is 13.1. The molecule has 1 aromatic carbocycles. The number of benzene rings is 1. The van der Waals surface area contributed by atoms with Crippen LogP contribution in [0.25, 0.3) is 0 Å². The van der Waals surface area contributed by atoms with Crippen molar-refractivity contribution in [2.24, 2.45) is 0 Å². The van der Waals surface area contributed by atoms with E-state index in [1.165, 1.54) is 16.7 Å². The standard InChI is InChI=1S/C20H21N5O6S/c1-10-9-32-17-13(16(27)25(17)14(10)18(28)29)22-15(26)12(11-5-3-2-4-6-11)23-20(31)24-8-7-21-19(24)30/h2-6,12-13,17H,7-9H2,1H3,(H,21,30)(H,22,26)(H,23,31)(H,28,29)/t12-,13+,17-/m1/s1. The molecular formula is C20H21N5O6S. The lowest BCUT2D eigenvalue weighted by molar-refractivity contribution is -0.151. The second-order valence-corrected chi connectivity index (χ2v) is 8.61. The quantitative estimate of drug-likeness (QED) is 0.461. The van der Waals surface area contributed by atoms with Gasteiger partial charge in [-0.05, 0) is 18.1 Å². The van der Waals surface area contributed by atoms with Gasteiger partial charge < -0.3 is 21.1 Å². The largest absolute Gasteiger partial charge is 0.477 e. The van der Waals surface area contributed by atoms with Crippen LogP contribution in [0.5, 0.6) is 0 Å². The van der Waals surface area contributed by atoms with Crippen molar-refractivity contribution in [1.82, 2.24) is 25.8 Å². The monoisotopic (exact) mass is 459 g/mol. The fourth-order valence-corrected chi connectivity index (χ4v) is 5.12. The Hall–Kier alpha value is -3.54. The van der Waals surface area contributed by atoms with E-state index in [0.29, 0.717) is 23.4 Å². The Morgan fingerprint density at radius 1 is 1.22 bits per heavy atom. The van der Waals surface area contributed by atoms with Gasteiger partial charge in [0.1, 0.15) is 23.2 Å². The van der Waals surface area contributed by atoms with Crippen molar-refractivity contribution in [2.75, 3.05) is 18.8 Å². The summed E-state index contributed by atoms with van der Waals surface area (Å²) in [7, 11) is 0. The number of carbonyl (C=O) groups is 5. The minimum atomic E-state index is -1.19. The first-order valence-electron chi connectivity index (χ1n) is 9.88. The SMILES string of the molecule is CC1=C(C(=O)O)N2C(=O)[C@H](NC(=O)[C@H](NC(=O)N3CCNC3=O)c3ccccc3)[C@H]2SC1. The molecule has 2 saturated heterocycles. The van der Waals surface area contributed by atoms with Crippen molar-refractivity contribution in [3.63, 3.8) is 0 Å². The average molecular weight is 459 g/mol. The number of imide groups is 1. The molecule has 12 heteroatoms. The number of hydrogen-bond donors (Lipinski definition) is 4. The van der Waals surface area contributed by atoms with Crippen molar-refractivity contribution in [3.05, 3.63) is 47.2 Å². The highest BCUT2D eigenvalue weighted by atomic mass is 32.2. The van der Waals surface area contributed by atoms with Crippen LogP contribution in [0.2, 0.25) is 0 Å². The molecule has 3 aliphatic heterocycles. The van der Waals surface area contributed by atoms with Gasteiger partial charge in [0.05, 0.1) is 0 Å². The summed E-state index contributed by atoms with van der Waals surface area (Å²) in [5.41, 5.74) is 0.993. The topological polar surface area (TPSA) is 148 Å². The molecule has 4 N–H and O–H groups in total. The number of hydrogen-bond acceptors (Lipinski definition) is 6. The van der Waals surface area contributed by atoms with Crippen LogP contribution in [-0.2, 0) is 14.4 Å². The van der Waals surface area contributed by atoms with E-state index in [4.69, 9.17) is 0 Å². The summed E-state index contributed by atoms with van der Waals surface area (Å²) in [6, 6.07) is 5.08. The second kappa shape index (κ2) is 8.54. The van der Waals surface area contributed by atoms with Crippen LogP contribution in [0.3, 0.4) is 0 Å². The average Bonchev–Trinajstić information content (AvgIpc) is 3.21. The molecule has 0 saturated carbocycles. The van der Waals surface area contributed by atoms with E-state index in [2.05, 4.69) is 16.0 Å². The van der Waals surface area contributed by atoms with E-state index < -0.39 is 47.3 Å². The Bertz CT molecular complexity index is 1030. The van der Waals surface area contributed by atoms with Crippen LogP contribution in [0.4, 0.5) is 9.59 Å². The zero-order valence-electron chi connectivity index (χ0n) is 17.0. The Labute approximate surface area is 187 Å². The summed E-state index contributed by atoms with van der Waals surface area (Å²) in [6.07, 6.45) is 0. The first-order chi connectivity index (χ1) is 15.3. The number of aliphatic carboxylic acids is 1. The van der Waals surface area contributed by atoms with Crippen molar-refractivity contribution in [2.45, 2.75) is 24.4 Å². The lowest BCUT2D eigenvalue weighted by Gasteiger charge is -2.49. The summed E-state index contributed by atoms with van der Waals surface area (Å²) < 4.78 is 0. The predicted octanol–water partition coefficient (Wildman–Crippen LogP) is 0.221. The number of carboxylic acid groups (broad SMARTS) is 1. The second-order valence-electron chi connectivity index (χ2n) is 7.51. The van der Waals surface area contributed by atoms with Gasteiger partial charge in [-0.1, -0.05) is 30.3 Å². The van der Waals surface area contributed by atoms with Gasteiger partial charge in [-0.3, -0.25) is 14.5 Å². The number of carboxylic acids is 1. The molecule has 0 bridgehead atoms. The number of carbonyl (C=O) groups excluding carboxylic acids is 4. The van der Waals surface area contributed by atoms with Crippen LogP contribution < -0.4 is 16.0 Å². The molecule has 0 unspecified atom stereocenters. The number of nitrogens with one attached hydrogen (secondary N) is 3. The van der Waals surface area contributed by atoms with Gasteiger partial charge >= 0.3 is 18.0 Å². The molecule has 168 valence electrons. The van der Waals surface area contributed by atoms with Crippen LogP contribution in [0.15, 0.2) is 41.6 Å². The molecule has 1 aromatic rings. The van der Waals surface area contributed by atoms with Gasteiger partial charge in [-0.25, -0.2) is 19.3 Å². The number of amides is 6. The van der Waals surface area contributed by atoms with Gasteiger partial charge in [-0.2, -0.15) is 0 Å². The van der Waals surface area contributed by atoms with Gasteiger partial charge in [-0.15, -0.1) is 11.8 Å². The molecule has 11 nitrogen and oxygen atoms in total. The molecule has 3 heterocycles. The molecule has 0 spiro atoms. The molecule has 3 aliphatic rings. The maximum Gasteiger partial charge on any atom is 0.352 e. The Balaban J connectivity index is 1.51. The van der Waals surface area contributed by atoms with Crippen LogP contribution in [0, 0.1) is 0 Å². The maximum absolute atomic E-state index is 13.1. The van der Waals surface area contributed by atoms with Crippen molar-refractivity contribution >= 4 is 41.6 Å². The summed E-state index contributed by atoms with van der Waals surface area (Å²) in [5, 5.41) is 16.6. The number of fused-ring (bicyclic) bond motifs is 1. The number of β-lactam (4-membered cyclic amide) rings is 1. The first kappa shape index (κ1) is 21.7. The van der Waals surface area contributed by atoms with Gasteiger partial charge in [0.2, 0.25) is 5.91 Å². The highest BCUT2D eigenvalue weighted by Gasteiger charge is 2.54. The normalized spacial score (nSPS) is 23.2. The van der Waals surface area contributed by atoms with E-state index in [-0.39, 0.29) is 12.2 Å². The smallest absolute Gasteiger partial charge is 0.352 e. The number of thioether (sulfide) groups is 1. The molecular weight excluding hydrogens is 438 g/mol.